The lowest BCUT2D eigenvalue weighted by Gasteiger charge is -2.21. The van der Waals surface area contributed by atoms with Crippen molar-refractivity contribution in [3.8, 4) is 6.07 Å². The fourth-order valence-electron chi connectivity index (χ4n) is 4.06. The predicted octanol–water partition coefficient (Wildman–Crippen LogP) is 3.49. The number of pyridine rings is 1. The molecule has 4 rings (SSSR count). The lowest BCUT2D eigenvalue weighted by atomic mass is 10.1. The number of thiazole rings is 1. The third-order valence-electron chi connectivity index (χ3n) is 6.07. The molecule has 0 saturated carbocycles. The summed E-state index contributed by atoms with van der Waals surface area (Å²) in [5.74, 6) is 0.467. The van der Waals surface area contributed by atoms with Crippen molar-refractivity contribution in [2.45, 2.75) is 46.2 Å². The van der Waals surface area contributed by atoms with Gasteiger partial charge in [-0.1, -0.05) is 6.07 Å². The van der Waals surface area contributed by atoms with E-state index in [9.17, 15) is 4.79 Å². The molecular formula is C23H28N8OS. The highest BCUT2D eigenvalue weighted by atomic mass is 32.1. The minimum atomic E-state index is -0.211. The van der Waals surface area contributed by atoms with Gasteiger partial charge >= 0.3 is 0 Å². The van der Waals surface area contributed by atoms with Crippen LogP contribution in [0.1, 0.15) is 52.0 Å². The van der Waals surface area contributed by atoms with E-state index in [1.807, 2.05) is 36.7 Å². The molecule has 0 aromatic carbocycles. The molecule has 0 unspecified atom stereocenters. The molecule has 1 amide bonds. The number of aryl methyl sites for hydroxylation is 1. The number of rotatable bonds is 8. The Morgan fingerprint density at radius 3 is 2.91 bits per heavy atom. The second kappa shape index (κ2) is 10.1. The third kappa shape index (κ3) is 5.21. The number of anilines is 2. The summed E-state index contributed by atoms with van der Waals surface area (Å²) >= 11 is 1.36. The highest BCUT2D eigenvalue weighted by Crippen LogP contribution is 2.31. The van der Waals surface area contributed by atoms with Crippen LogP contribution < -0.4 is 10.6 Å². The summed E-state index contributed by atoms with van der Waals surface area (Å²) in [4.78, 5) is 23.8. The summed E-state index contributed by atoms with van der Waals surface area (Å²) in [5, 5.41) is 22.0. The Morgan fingerprint density at radius 1 is 1.30 bits per heavy atom. The molecule has 0 spiro atoms. The van der Waals surface area contributed by atoms with Gasteiger partial charge in [0.25, 0.3) is 5.91 Å². The van der Waals surface area contributed by atoms with Gasteiger partial charge in [-0.15, -0.1) is 11.3 Å². The minimum Gasteiger partial charge on any atom is -0.349 e. The predicted molar refractivity (Wildman–Crippen MR) is 128 cm³/mol. The molecule has 10 heteroatoms. The van der Waals surface area contributed by atoms with E-state index < -0.39 is 0 Å². The number of carbonyl (C=O) groups excluding carboxylic acids is 1. The van der Waals surface area contributed by atoms with E-state index in [2.05, 4.69) is 38.6 Å². The van der Waals surface area contributed by atoms with Crippen molar-refractivity contribution in [3.05, 3.63) is 51.9 Å². The Hall–Kier alpha value is -3.29. The molecule has 9 nitrogen and oxygen atoms in total. The Balaban J connectivity index is 1.34. The van der Waals surface area contributed by atoms with Crippen molar-refractivity contribution < 1.29 is 4.79 Å². The molecule has 1 aliphatic rings. The van der Waals surface area contributed by atoms with Gasteiger partial charge in [0.15, 0.2) is 5.13 Å². The van der Waals surface area contributed by atoms with E-state index in [-0.39, 0.29) is 11.9 Å². The molecule has 33 heavy (non-hydrogen) atoms. The maximum Gasteiger partial charge on any atom is 0.270 e. The minimum absolute atomic E-state index is 0.162. The number of likely N-dealkylation sites (tertiary alicyclic amines) is 1. The molecule has 1 saturated heterocycles. The fraction of sp³-hybridized carbons (Fsp3) is 0.435. The van der Waals surface area contributed by atoms with Gasteiger partial charge in [-0.25, -0.2) is 9.97 Å². The van der Waals surface area contributed by atoms with Gasteiger partial charge in [-0.3, -0.25) is 14.4 Å². The van der Waals surface area contributed by atoms with E-state index >= 15 is 0 Å². The number of amides is 1. The SMILES string of the molecule is Cc1nn(CCNC(=O)c2csc(Nc3cccc([C@H]4CCCN4CC#N)n3)n2)c(C)c1C. The maximum atomic E-state index is 12.5. The van der Waals surface area contributed by atoms with Crippen LogP contribution in [0.5, 0.6) is 0 Å². The van der Waals surface area contributed by atoms with Crippen LogP contribution in [-0.2, 0) is 6.54 Å². The van der Waals surface area contributed by atoms with Crippen molar-refractivity contribution in [1.82, 2.24) is 30.0 Å². The summed E-state index contributed by atoms with van der Waals surface area (Å²) in [6.07, 6.45) is 2.06. The summed E-state index contributed by atoms with van der Waals surface area (Å²) in [6.45, 7) is 8.49. The van der Waals surface area contributed by atoms with Crippen molar-refractivity contribution in [1.29, 1.82) is 5.26 Å². The first-order chi connectivity index (χ1) is 16.0. The largest absolute Gasteiger partial charge is 0.349 e. The van der Waals surface area contributed by atoms with E-state index in [0.717, 1.165) is 36.5 Å². The van der Waals surface area contributed by atoms with Crippen LogP contribution in [-0.4, -0.2) is 50.2 Å². The highest BCUT2D eigenvalue weighted by Gasteiger charge is 2.26. The molecule has 0 radical (unpaired) electrons. The van der Waals surface area contributed by atoms with Gasteiger partial charge in [0.2, 0.25) is 0 Å². The molecule has 172 valence electrons. The summed E-state index contributed by atoms with van der Waals surface area (Å²) < 4.78 is 1.92. The average molecular weight is 465 g/mol. The van der Waals surface area contributed by atoms with E-state index in [1.54, 1.807) is 5.38 Å². The number of hydrogen-bond donors (Lipinski definition) is 2. The van der Waals surface area contributed by atoms with Gasteiger partial charge in [0, 0.05) is 17.6 Å². The number of nitrogens with one attached hydrogen (secondary N) is 2. The van der Waals surface area contributed by atoms with E-state index in [4.69, 9.17) is 10.2 Å². The topological polar surface area (TPSA) is 112 Å². The number of carbonyl (C=O) groups is 1. The van der Waals surface area contributed by atoms with Gasteiger partial charge in [-0.2, -0.15) is 10.4 Å². The first-order valence-corrected chi connectivity index (χ1v) is 11.9. The first kappa shape index (κ1) is 22.9. The Labute approximate surface area is 197 Å². The van der Waals surface area contributed by atoms with Crippen LogP contribution >= 0.6 is 11.3 Å². The molecule has 1 aliphatic heterocycles. The van der Waals surface area contributed by atoms with Crippen molar-refractivity contribution >= 4 is 28.2 Å². The quantitative estimate of drug-likeness (QED) is 0.491. The van der Waals surface area contributed by atoms with Gasteiger partial charge in [0.05, 0.1) is 36.6 Å². The lowest BCUT2D eigenvalue weighted by Crippen LogP contribution is -2.28. The smallest absolute Gasteiger partial charge is 0.270 e. The third-order valence-corrected chi connectivity index (χ3v) is 6.83. The van der Waals surface area contributed by atoms with E-state index in [1.165, 1.54) is 16.9 Å². The molecule has 4 heterocycles. The van der Waals surface area contributed by atoms with Crippen molar-refractivity contribution in [2.24, 2.45) is 0 Å². The van der Waals surface area contributed by atoms with Crippen LogP contribution in [0.3, 0.4) is 0 Å². The molecule has 3 aromatic heterocycles. The Kier molecular flexibility index (Phi) is 7.01. The fourth-order valence-corrected chi connectivity index (χ4v) is 4.76. The van der Waals surface area contributed by atoms with E-state index in [0.29, 0.717) is 36.3 Å². The van der Waals surface area contributed by atoms with Crippen molar-refractivity contribution in [3.63, 3.8) is 0 Å². The molecule has 0 bridgehead atoms. The molecular weight excluding hydrogens is 436 g/mol. The number of nitriles is 1. The van der Waals surface area contributed by atoms with Crippen LogP contribution in [0.4, 0.5) is 10.9 Å². The standard InChI is InChI=1S/C23H28N8OS/c1-15-16(2)29-31(17(15)3)13-10-25-22(32)19-14-33-23(27-19)28-21-8-4-6-18(26-21)20-7-5-11-30(20)12-9-24/h4,6,8,14,20H,5,7,10-13H2,1-3H3,(H,25,32)(H,26,27,28)/t20-/m1/s1. The van der Waals surface area contributed by atoms with Crippen LogP contribution in [0.25, 0.3) is 0 Å². The number of aromatic nitrogens is 4. The summed E-state index contributed by atoms with van der Waals surface area (Å²) in [6, 6.07) is 8.23. The molecule has 1 fully saturated rings. The molecule has 1 atom stereocenters. The zero-order valence-electron chi connectivity index (χ0n) is 19.1. The van der Waals surface area contributed by atoms with Gasteiger partial charge < -0.3 is 10.6 Å². The van der Waals surface area contributed by atoms with Crippen molar-refractivity contribution in [2.75, 3.05) is 25.0 Å². The molecule has 3 aromatic rings. The monoisotopic (exact) mass is 464 g/mol. The Bertz CT molecular complexity index is 1180. The first-order valence-electron chi connectivity index (χ1n) is 11.1. The maximum absolute atomic E-state index is 12.5. The highest BCUT2D eigenvalue weighted by molar-refractivity contribution is 7.14. The summed E-state index contributed by atoms with van der Waals surface area (Å²) in [7, 11) is 0. The number of hydrogen-bond acceptors (Lipinski definition) is 8. The lowest BCUT2D eigenvalue weighted by molar-refractivity contribution is 0.0947. The second-order valence-electron chi connectivity index (χ2n) is 8.17. The zero-order valence-corrected chi connectivity index (χ0v) is 19.9. The van der Waals surface area contributed by atoms with Crippen LogP contribution in [0.2, 0.25) is 0 Å². The zero-order chi connectivity index (χ0) is 23.4. The average Bonchev–Trinajstić information content (AvgIpc) is 3.52. The molecule has 0 aliphatic carbocycles. The molecule has 2 N–H and O–H groups in total. The van der Waals surface area contributed by atoms with Crippen LogP contribution in [0.15, 0.2) is 23.6 Å². The summed E-state index contributed by atoms with van der Waals surface area (Å²) in [5.41, 5.74) is 4.63. The second-order valence-corrected chi connectivity index (χ2v) is 9.03. The van der Waals surface area contributed by atoms with Crippen LogP contribution in [0, 0.1) is 32.1 Å². The van der Waals surface area contributed by atoms with Gasteiger partial charge in [-0.05, 0) is 57.9 Å². The number of nitrogens with zero attached hydrogens (tertiary/aromatic N) is 6. The normalized spacial score (nSPS) is 16.0. The Morgan fingerprint density at radius 2 is 2.15 bits per heavy atom. The van der Waals surface area contributed by atoms with Gasteiger partial charge in [0.1, 0.15) is 11.5 Å².